The summed E-state index contributed by atoms with van der Waals surface area (Å²) in [6, 6.07) is 2.85. The third-order valence-electron chi connectivity index (χ3n) is 3.67. The van der Waals surface area contributed by atoms with Crippen LogP contribution in [0, 0.1) is 0 Å². The molecule has 1 N–H and O–H groups in total. The zero-order valence-electron chi connectivity index (χ0n) is 9.95. The van der Waals surface area contributed by atoms with E-state index in [0.717, 1.165) is 6.54 Å². The Balaban J connectivity index is 2.13. The summed E-state index contributed by atoms with van der Waals surface area (Å²) in [4.78, 5) is 0. The fourth-order valence-corrected chi connectivity index (χ4v) is 2.90. The summed E-state index contributed by atoms with van der Waals surface area (Å²) in [7, 11) is 2.04. The van der Waals surface area contributed by atoms with Gasteiger partial charge in [-0.1, -0.05) is 13.8 Å². The maximum absolute atomic E-state index is 4.27. The summed E-state index contributed by atoms with van der Waals surface area (Å²) in [6.07, 6.45) is 5.70. The lowest BCUT2D eigenvalue weighted by atomic mass is 9.85. The highest BCUT2D eigenvalue weighted by atomic mass is 15.3. The van der Waals surface area contributed by atoms with Crippen molar-refractivity contribution in [1.82, 2.24) is 15.1 Å². The van der Waals surface area contributed by atoms with E-state index in [4.69, 9.17) is 0 Å². The lowest BCUT2D eigenvalue weighted by Gasteiger charge is -2.24. The van der Waals surface area contributed by atoms with Crippen LogP contribution in [0.4, 0.5) is 0 Å². The molecule has 1 saturated carbocycles. The van der Waals surface area contributed by atoms with Crippen molar-refractivity contribution in [3.63, 3.8) is 0 Å². The van der Waals surface area contributed by atoms with E-state index in [0.29, 0.717) is 11.5 Å². The van der Waals surface area contributed by atoms with Crippen LogP contribution in [0.1, 0.15) is 38.8 Å². The number of aromatic nitrogens is 2. The molecule has 0 saturated heterocycles. The fraction of sp³-hybridized carbons (Fsp3) is 0.750. The van der Waals surface area contributed by atoms with Gasteiger partial charge in [0, 0.05) is 30.4 Å². The molecule has 15 heavy (non-hydrogen) atoms. The molecule has 1 aliphatic rings. The van der Waals surface area contributed by atoms with Gasteiger partial charge in [0.2, 0.25) is 0 Å². The minimum atomic E-state index is 0.318. The summed E-state index contributed by atoms with van der Waals surface area (Å²) >= 11 is 0. The van der Waals surface area contributed by atoms with Gasteiger partial charge in [0.1, 0.15) is 0 Å². The zero-order chi connectivity index (χ0) is 10.9. The Morgan fingerprint density at radius 1 is 1.67 bits per heavy atom. The molecule has 2 rings (SSSR count). The lowest BCUT2D eigenvalue weighted by molar-refractivity contribution is 0.427. The first-order chi connectivity index (χ1) is 7.15. The van der Waals surface area contributed by atoms with E-state index in [2.05, 4.69) is 30.3 Å². The van der Waals surface area contributed by atoms with Crippen LogP contribution in [0.5, 0.6) is 0 Å². The standard InChI is InChI=1S/C12H21N3/c1-4-13-10-5-7-12(2,9-10)11-6-8-14-15(11)3/h6,8,10,13H,4-5,7,9H2,1-3H3. The Morgan fingerprint density at radius 3 is 3.07 bits per heavy atom. The van der Waals surface area contributed by atoms with Gasteiger partial charge in [-0.2, -0.15) is 5.10 Å². The molecule has 3 nitrogen and oxygen atoms in total. The largest absolute Gasteiger partial charge is 0.314 e. The fourth-order valence-electron chi connectivity index (χ4n) is 2.90. The Bertz CT molecular complexity index is 331. The topological polar surface area (TPSA) is 29.9 Å². The maximum atomic E-state index is 4.27. The van der Waals surface area contributed by atoms with Crippen LogP contribution in [0.15, 0.2) is 12.3 Å². The number of nitrogens with one attached hydrogen (secondary N) is 1. The van der Waals surface area contributed by atoms with Crippen LogP contribution in [0.2, 0.25) is 0 Å². The van der Waals surface area contributed by atoms with Crippen molar-refractivity contribution in [2.75, 3.05) is 6.54 Å². The number of nitrogens with zero attached hydrogens (tertiary/aromatic N) is 2. The van der Waals surface area contributed by atoms with Gasteiger partial charge >= 0.3 is 0 Å². The molecular formula is C12H21N3. The van der Waals surface area contributed by atoms with Gasteiger partial charge in [0.05, 0.1) is 0 Å². The van der Waals surface area contributed by atoms with Crippen molar-refractivity contribution in [3.8, 4) is 0 Å². The van der Waals surface area contributed by atoms with Gasteiger partial charge in [-0.25, -0.2) is 0 Å². The second kappa shape index (κ2) is 3.97. The molecule has 0 bridgehead atoms. The molecule has 1 aromatic rings. The molecule has 1 aromatic heterocycles. The minimum Gasteiger partial charge on any atom is -0.314 e. The van der Waals surface area contributed by atoms with Gasteiger partial charge in [-0.15, -0.1) is 0 Å². The van der Waals surface area contributed by atoms with Crippen molar-refractivity contribution in [1.29, 1.82) is 0 Å². The highest BCUT2D eigenvalue weighted by Gasteiger charge is 2.37. The highest BCUT2D eigenvalue weighted by Crippen LogP contribution is 2.40. The van der Waals surface area contributed by atoms with Gasteiger partial charge < -0.3 is 5.32 Å². The first-order valence-electron chi connectivity index (χ1n) is 5.87. The molecular weight excluding hydrogens is 186 g/mol. The maximum Gasteiger partial charge on any atom is 0.0492 e. The number of hydrogen-bond acceptors (Lipinski definition) is 2. The van der Waals surface area contributed by atoms with E-state index in [9.17, 15) is 0 Å². The van der Waals surface area contributed by atoms with Gasteiger partial charge in [0.25, 0.3) is 0 Å². The van der Waals surface area contributed by atoms with Gasteiger partial charge in [-0.05, 0) is 31.9 Å². The summed E-state index contributed by atoms with van der Waals surface area (Å²) in [5.41, 5.74) is 1.70. The molecule has 1 heterocycles. The van der Waals surface area contributed by atoms with Gasteiger partial charge in [0.15, 0.2) is 0 Å². The molecule has 2 atom stereocenters. The summed E-state index contributed by atoms with van der Waals surface area (Å²) in [5, 5.41) is 7.83. The summed E-state index contributed by atoms with van der Waals surface area (Å²) < 4.78 is 2.02. The van der Waals surface area contributed by atoms with E-state index in [1.165, 1.54) is 25.0 Å². The molecule has 0 aliphatic heterocycles. The Hall–Kier alpha value is -0.830. The molecule has 1 aliphatic carbocycles. The van der Waals surface area contributed by atoms with Gasteiger partial charge in [-0.3, -0.25) is 4.68 Å². The van der Waals surface area contributed by atoms with E-state index in [1.54, 1.807) is 0 Å². The molecule has 0 aromatic carbocycles. The second-order valence-electron chi connectivity index (χ2n) is 4.90. The molecule has 1 fully saturated rings. The monoisotopic (exact) mass is 207 g/mol. The van der Waals surface area contributed by atoms with Crippen molar-refractivity contribution in [2.24, 2.45) is 7.05 Å². The van der Waals surface area contributed by atoms with Crippen LogP contribution < -0.4 is 5.32 Å². The van der Waals surface area contributed by atoms with E-state index in [1.807, 2.05) is 17.9 Å². The van der Waals surface area contributed by atoms with E-state index < -0.39 is 0 Å². The van der Waals surface area contributed by atoms with Crippen molar-refractivity contribution >= 4 is 0 Å². The average Bonchev–Trinajstić information content (AvgIpc) is 2.75. The van der Waals surface area contributed by atoms with Crippen LogP contribution in [0.25, 0.3) is 0 Å². The molecule has 0 spiro atoms. The second-order valence-corrected chi connectivity index (χ2v) is 4.90. The molecule has 3 heteroatoms. The Labute approximate surface area is 91.9 Å². The first kappa shape index (κ1) is 10.7. The molecule has 0 radical (unpaired) electrons. The number of rotatable bonds is 3. The average molecular weight is 207 g/mol. The predicted octanol–water partition coefficient (Wildman–Crippen LogP) is 1.84. The van der Waals surface area contributed by atoms with Crippen LogP contribution in [-0.2, 0) is 12.5 Å². The number of aryl methyl sites for hydroxylation is 1. The minimum absolute atomic E-state index is 0.318. The van der Waals surface area contributed by atoms with Crippen molar-refractivity contribution in [3.05, 3.63) is 18.0 Å². The van der Waals surface area contributed by atoms with Crippen LogP contribution in [0.3, 0.4) is 0 Å². The molecule has 2 unspecified atom stereocenters. The quantitative estimate of drug-likeness (QED) is 0.819. The Morgan fingerprint density at radius 2 is 2.47 bits per heavy atom. The molecule has 0 amide bonds. The third kappa shape index (κ3) is 1.93. The molecule has 84 valence electrons. The summed E-state index contributed by atoms with van der Waals surface area (Å²) in [5.74, 6) is 0. The highest BCUT2D eigenvalue weighted by molar-refractivity contribution is 5.18. The third-order valence-corrected chi connectivity index (χ3v) is 3.67. The van der Waals surface area contributed by atoms with E-state index >= 15 is 0 Å². The number of hydrogen-bond donors (Lipinski definition) is 1. The normalized spacial score (nSPS) is 31.0. The Kier molecular flexibility index (Phi) is 2.83. The SMILES string of the molecule is CCNC1CCC(C)(c2ccnn2C)C1. The smallest absolute Gasteiger partial charge is 0.0492 e. The zero-order valence-corrected chi connectivity index (χ0v) is 9.95. The predicted molar refractivity (Wildman–Crippen MR) is 61.9 cm³/mol. The van der Waals surface area contributed by atoms with Crippen molar-refractivity contribution in [2.45, 2.75) is 44.6 Å². The van der Waals surface area contributed by atoms with E-state index in [-0.39, 0.29) is 0 Å². The first-order valence-corrected chi connectivity index (χ1v) is 5.87. The lowest BCUT2D eigenvalue weighted by Crippen LogP contribution is -2.29. The van der Waals surface area contributed by atoms with Crippen molar-refractivity contribution < 1.29 is 0 Å². The van der Waals surface area contributed by atoms with Crippen LogP contribution >= 0.6 is 0 Å². The summed E-state index contributed by atoms with van der Waals surface area (Å²) in [6.45, 7) is 5.62. The van der Waals surface area contributed by atoms with Crippen LogP contribution in [-0.4, -0.2) is 22.4 Å².